The second-order valence-corrected chi connectivity index (χ2v) is 4.86. The molecular formula is C13H15FN4OS. The standard InChI is InChI=1S/C13H15FN4OS/c1-8-3-4-9(7-10(8)14)12(19)15-6-5-11-16-17-13(20)18(11)2/h3-4,7H,5-6H2,1-2H3,(H,15,19)(H,17,20). The molecule has 0 unspecified atom stereocenters. The van der Waals surface area contributed by atoms with Gasteiger partial charge in [-0.2, -0.15) is 5.10 Å². The molecule has 2 aromatic rings. The van der Waals surface area contributed by atoms with Gasteiger partial charge in [-0.3, -0.25) is 9.89 Å². The summed E-state index contributed by atoms with van der Waals surface area (Å²) in [7, 11) is 1.80. The average Bonchev–Trinajstić information content (AvgIpc) is 2.73. The number of halogens is 1. The maximum absolute atomic E-state index is 13.4. The fraction of sp³-hybridized carbons (Fsp3) is 0.308. The van der Waals surface area contributed by atoms with Crippen LogP contribution in [0.15, 0.2) is 18.2 Å². The highest BCUT2D eigenvalue weighted by molar-refractivity contribution is 7.71. The van der Waals surface area contributed by atoms with Crippen LogP contribution in [0.2, 0.25) is 0 Å². The van der Waals surface area contributed by atoms with Crippen LogP contribution in [0.1, 0.15) is 21.7 Å². The van der Waals surface area contributed by atoms with E-state index in [-0.39, 0.29) is 11.7 Å². The van der Waals surface area contributed by atoms with E-state index in [1.54, 1.807) is 30.7 Å². The van der Waals surface area contributed by atoms with Crippen LogP contribution in [0.5, 0.6) is 0 Å². The minimum absolute atomic E-state index is 0.305. The Bertz CT molecular complexity index is 692. The number of benzene rings is 1. The number of aromatic nitrogens is 3. The van der Waals surface area contributed by atoms with Crippen LogP contribution >= 0.6 is 12.2 Å². The first-order valence-corrected chi connectivity index (χ1v) is 6.54. The summed E-state index contributed by atoms with van der Waals surface area (Å²) in [6.45, 7) is 2.06. The molecule has 0 spiro atoms. The summed E-state index contributed by atoms with van der Waals surface area (Å²) in [6, 6.07) is 4.42. The molecule has 5 nitrogen and oxygen atoms in total. The van der Waals surface area contributed by atoms with Gasteiger partial charge >= 0.3 is 0 Å². The molecule has 7 heteroatoms. The predicted molar refractivity (Wildman–Crippen MR) is 75.6 cm³/mol. The van der Waals surface area contributed by atoms with Gasteiger partial charge in [0.15, 0.2) is 4.77 Å². The second kappa shape index (κ2) is 5.96. The summed E-state index contributed by atoms with van der Waals surface area (Å²) >= 11 is 5.00. The highest BCUT2D eigenvalue weighted by atomic mass is 32.1. The molecule has 1 heterocycles. The zero-order valence-corrected chi connectivity index (χ0v) is 12.1. The van der Waals surface area contributed by atoms with Crippen molar-refractivity contribution in [1.29, 1.82) is 0 Å². The summed E-state index contributed by atoms with van der Waals surface area (Å²) in [5, 5.41) is 9.44. The van der Waals surface area contributed by atoms with E-state index in [2.05, 4.69) is 15.5 Å². The summed E-state index contributed by atoms with van der Waals surface area (Å²) in [5.41, 5.74) is 0.825. The lowest BCUT2D eigenvalue weighted by atomic mass is 10.1. The number of carbonyl (C=O) groups is 1. The van der Waals surface area contributed by atoms with E-state index in [9.17, 15) is 9.18 Å². The topological polar surface area (TPSA) is 62.7 Å². The SMILES string of the molecule is Cc1ccc(C(=O)NCCc2n[nH]c(=S)n2C)cc1F. The Labute approximate surface area is 120 Å². The first-order valence-electron chi connectivity index (χ1n) is 6.13. The van der Waals surface area contributed by atoms with Gasteiger partial charge in [0.05, 0.1) is 0 Å². The molecule has 1 aromatic carbocycles. The predicted octanol–water partition coefficient (Wildman–Crippen LogP) is 1.90. The summed E-state index contributed by atoms with van der Waals surface area (Å²) in [4.78, 5) is 11.9. The smallest absolute Gasteiger partial charge is 0.251 e. The van der Waals surface area contributed by atoms with E-state index < -0.39 is 0 Å². The van der Waals surface area contributed by atoms with Crippen LogP contribution in [-0.2, 0) is 13.5 Å². The van der Waals surface area contributed by atoms with E-state index in [0.29, 0.717) is 28.9 Å². The van der Waals surface area contributed by atoms with Gasteiger partial charge in [-0.05, 0) is 36.8 Å². The fourth-order valence-corrected chi connectivity index (χ4v) is 1.88. The minimum Gasteiger partial charge on any atom is -0.352 e. The van der Waals surface area contributed by atoms with Crippen molar-refractivity contribution in [2.24, 2.45) is 7.05 Å². The van der Waals surface area contributed by atoms with E-state index in [4.69, 9.17) is 12.2 Å². The van der Waals surface area contributed by atoms with E-state index >= 15 is 0 Å². The van der Waals surface area contributed by atoms with Crippen molar-refractivity contribution in [3.05, 3.63) is 45.7 Å². The highest BCUT2D eigenvalue weighted by Crippen LogP contribution is 2.09. The summed E-state index contributed by atoms with van der Waals surface area (Å²) in [5.74, 6) is 0.0678. The summed E-state index contributed by atoms with van der Waals surface area (Å²) in [6.07, 6.45) is 0.545. The fourth-order valence-electron chi connectivity index (χ4n) is 1.73. The molecule has 0 radical (unpaired) electrons. The average molecular weight is 294 g/mol. The molecule has 0 aliphatic rings. The number of rotatable bonds is 4. The third kappa shape index (κ3) is 3.11. The number of hydrogen-bond donors (Lipinski definition) is 2. The first kappa shape index (κ1) is 14.4. The van der Waals surface area contributed by atoms with E-state index in [1.165, 1.54) is 6.07 Å². The zero-order valence-electron chi connectivity index (χ0n) is 11.2. The second-order valence-electron chi connectivity index (χ2n) is 4.47. The Balaban J connectivity index is 1.94. The Morgan fingerprint density at radius 3 is 2.90 bits per heavy atom. The number of nitrogens with zero attached hydrogens (tertiary/aromatic N) is 2. The lowest BCUT2D eigenvalue weighted by Gasteiger charge is -2.06. The lowest BCUT2D eigenvalue weighted by Crippen LogP contribution is -2.26. The maximum Gasteiger partial charge on any atom is 0.251 e. The van der Waals surface area contributed by atoms with Crippen molar-refractivity contribution in [2.75, 3.05) is 6.54 Å². The molecule has 0 aliphatic carbocycles. The van der Waals surface area contributed by atoms with E-state index in [1.807, 2.05) is 0 Å². The molecule has 0 fully saturated rings. The lowest BCUT2D eigenvalue weighted by molar-refractivity contribution is 0.0953. The highest BCUT2D eigenvalue weighted by Gasteiger charge is 2.08. The Kier molecular flexibility index (Phi) is 4.29. The molecule has 0 saturated carbocycles. The molecule has 20 heavy (non-hydrogen) atoms. The molecule has 0 bridgehead atoms. The molecule has 0 saturated heterocycles. The monoisotopic (exact) mass is 294 g/mol. The molecule has 2 rings (SSSR count). The van der Waals surface area contributed by atoms with Crippen LogP contribution in [0.4, 0.5) is 4.39 Å². The Morgan fingerprint density at radius 2 is 2.30 bits per heavy atom. The van der Waals surface area contributed by atoms with Crippen LogP contribution in [0, 0.1) is 17.5 Å². The molecule has 1 aromatic heterocycles. The van der Waals surface area contributed by atoms with Gasteiger partial charge < -0.3 is 9.88 Å². The van der Waals surface area contributed by atoms with Gasteiger partial charge in [0.25, 0.3) is 5.91 Å². The van der Waals surface area contributed by atoms with Crippen molar-refractivity contribution in [1.82, 2.24) is 20.1 Å². The Hall–Kier alpha value is -2.02. The number of H-pyrrole nitrogens is 1. The molecular weight excluding hydrogens is 279 g/mol. The van der Waals surface area contributed by atoms with Crippen LogP contribution in [0.3, 0.4) is 0 Å². The van der Waals surface area contributed by atoms with Crippen molar-refractivity contribution >= 4 is 18.1 Å². The molecule has 106 valence electrons. The third-order valence-electron chi connectivity index (χ3n) is 3.04. The van der Waals surface area contributed by atoms with Gasteiger partial charge in [-0.1, -0.05) is 6.07 Å². The van der Waals surface area contributed by atoms with Gasteiger partial charge in [0.1, 0.15) is 11.6 Å². The van der Waals surface area contributed by atoms with Crippen LogP contribution < -0.4 is 5.32 Å². The van der Waals surface area contributed by atoms with E-state index in [0.717, 1.165) is 5.82 Å². The number of nitrogens with one attached hydrogen (secondary N) is 2. The molecule has 1 amide bonds. The van der Waals surface area contributed by atoms with Gasteiger partial charge in [-0.15, -0.1) is 0 Å². The number of aryl methyl sites for hydroxylation is 1. The van der Waals surface area contributed by atoms with Gasteiger partial charge in [-0.25, -0.2) is 4.39 Å². The Morgan fingerprint density at radius 1 is 1.55 bits per heavy atom. The van der Waals surface area contributed by atoms with Crippen molar-refractivity contribution in [3.8, 4) is 0 Å². The number of amides is 1. The first-order chi connectivity index (χ1) is 9.49. The van der Waals surface area contributed by atoms with Gasteiger partial charge in [0.2, 0.25) is 0 Å². The zero-order chi connectivity index (χ0) is 14.7. The molecule has 2 N–H and O–H groups in total. The quantitative estimate of drug-likeness (QED) is 0.847. The summed E-state index contributed by atoms with van der Waals surface area (Å²) < 4.78 is 15.7. The normalized spacial score (nSPS) is 10.6. The molecule has 0 aliphatic heterocycles. The number of carbonyl (C=O) groups excluding carboxylic acids is 1. The third-order valence-corrected chi connectivity index (χ3v) is 3.41. The number of hydrogen-bond acceptors (Lipinski definition) is 3. The van der Waals surface area contributed by atoms with Crippen LogP contribution in [0.25, 0.3) is 0 Å². The largest absolute Gasteiger partial charge is 0.352 e. The van der Waals surface area contributed by atoms with Crippen molar-refractivity contribution in [3.63, 3.8) is 0 Å². The van der Waals surface area contributed by atoms with Gasteiger partial charge in [0, 0.05) is 25.6 Å². The van der Waals surface area contributed by atoms with Crippen molar-refractivity contribution in [2.45, 2.75) is 13.3 Å². The van der Waals surface area contributed by atoms with Crippen LogP contribution in [-0.4, -0.2) is 27.2 Å². The van der Waals surface area contributed by atoms with Crippen molar-refractivity contribution < 1.29 is 9.18 Å². The number of aromatic amines is 1. The minimum atomic E-state index is -0.382. The molecule has 0 atom stereocenters. The maximum atomic E-state index is 13.4.